The number of carboxylic acids is 1. The van der Waals surface area contributed by atoms with Crippen LogP contribution in [0.3, 0.4) is 0 Å². The van der Waals surface area contributed by atoms with Crippen LogP contribution < -0.4 is 0 Å². The number of hydrogen-bond acceptors (Lipinski definition) is 3. The molecule has 0 aliphatic rings. The van der Waals surface area contributed by atoms with Crippen molar-refractivity contribution >= 4 is 17.6 Å². The number of carboxylic acid groups (broad SMARTS) is 1. The smallest absolute Gasteiger partial charge is 0.307 e. The van der Waals surface area contributed by atoms with Gasteiger partial charge in [0, 0.05) is 29.5 Å². The number of rotatable bonds is 6. The molecule has 0 bridgehead atoms. The molecule has 0 fully saturated rings. The predicted octanol–water partition coefficient (Wildman–Crippen LogP) is 2.48. The lowest BCUT2D eigenvalue weighted by Crippen LogP contribution is -2.03. The first-order valence-corrected chi connectivity index (χ1v) is 6.50. The van der Waals surface area contributed by atoms with Gasteiger partial charge in [-0.15, -0.1) is 0 Å². The van der Waals surface area contributed by atoms with E-state index in [0.29, 0.717) is 23.7 Å². The number of benzene rings is 1. The van der Waals surface area contributed by atoms with E-state index in [4.69, 9.17) is 21.4 Å². The normalized spacial score (nSPS) is 10.7. The van der Waals surface area contributed by atoms with Gasteiger partial charge in [0.05, 0.1) is 25.8 Å². The van der Waals surface area contributed by atoms with Crippen molar-refractivity contribution in [3.05, 3.63) is 41.2 Å². The average Bonchev–Trinajstić information content (AvgIpc) is 2.86. The van der Waals surface area contributed by atoms with Crippen LogP contribution in [0.25, 0.3) is 11.1 Å². The fourth-order valence-electron chi connectivity index (χ4n) is 1.89. The van der Waals surface area contributed by atoms with Crippen molar-refractivity contribution in [1.82, 2.24) is 9.78 Å². The van der Waals surface area contributed by atoms with E-state index < -0.39 is 5.97 Å². The second-order valence-corrected chi connectivity index (χ2v) is 4.78. The van der Waals surface area contributed by atoms with E-state index in [1.807, 2.05) is 6.20 Å². The van der Waals surface area contributed by atoms with Crippen LogP contribution in [0, 0.1) is 0 Å². The first-order chi connectivity index (χ1) is 9.60. The van der Waals surface area contributed by atoms with Crippen LogP contribution >= 0.6 is 11.6 Å². The summed E-state index contributed by atoms with van der Waals surface area (Å²) in [5, 5.41) is 13.6. The molecule has 0 saturated carbocycles. The molecule has 5 nitrogen and oxygen atoms in total. The Balaban J connectivity index is 2.26. The molecule has 2 aromatic rings. The lowest BCUT2D eigenvalue weighted by Gasteiger charge is -2.04. The molecular formula is C14H15ClN2O3. The van der Waals surface area contributed by atoms with Crippen molar-refractivity contribution in [2.75, 3.05) is 13.7 Å². The van der Waals surface area contributed by atoms with Gasteiger partial charge in [-0.05, 0) is 17.7 Å². The number of carbonyl (C=O) groups is 1. The molecule has 1 N–H and O–H groups in total. The number of aliphatic carboxylic acids is 1. The molecule has 106 valence electrons. The number of aromatic nitrogens is 2. The number of methoxy groups -OCH3 is 1. The van der Waals surface area contributed by atoms with Gasteiger partial charge in [0.15, 0.2) is 0 Å². The average molecular weight is 295 g/mol. The highest BCUT2D eigenvalue weighted by molar-refractivity contribution is 6.33. The van der Waals surface area contributed by atoms with Crippen LogP contribution in [0.2, 0.25) is 5.02 Å². The van der Waals surface area contributed by atoms with Gasteiger partial charge in [0.25, 0.3) is 0 Å². The summed E-state index contributed by atoms with van der Waals surface area (Å²) in [5.41, 5.74) is 2.36. The first kappa shape index (κ1) is 14.6. The minimum atomic E-state index is -0.867. The fraction of sp³-hybridized carbons (Fsp3) is 0.286. The molecule has 20 heavy (non-hydrogen) atoms. The third kappa shape index (κ3) is 3.59. The van der Waals surface area contributed by atoms with E-state index in [2.05, 4.69) is 5.10 Å². The van der Waals surface area contributed by atoms with Gasteiger partial charge < -0.3 is 9.84 Å². The van der Waals surface area contributed by atoms with E-state index in [-0.39, 0.29) is 6.42 Å². The lowest BCUT2D eigenvalue weighted by atomic mass is 10.0. The summed E-state index contributed by atoms with van der Waals surface area (Å²) in [6.45, 7) is 1.23. The Morgan fingerprint density at radius 3 is 3.00 bits per heavy atom. The number of ether oxygens (including phenoxy) is 1. The van der Waals surface area contributed by atoms with Gasteiger partial charge in [-0.2, -0.15) is 5.10 Å². The largest absolute Gasteiger partial charge is 0.481 e. The highest BCUT2D eigenvalue weighted by Crippen LogP contribution is 2.28. The van der Waals surface area contributed by atoms with Gasteiger partial charge >= 0.3 is 5.97 Å². The minimum Gasteiger partial charge on any atom is -0.481 e. The molecule has 0 spiro atoms. The van der Waals surface area contributed by atoms with Crippen LogP contribution in [0.4, 0.5) is 0 Å². The standard InChI is InChI=1S/C14H15ClN2O3/c1-20-5-4-17-9-11(8-16-17)12-6-10(7-14(18)19)2-3-13(12)15/h2-3,6,8-9H,4-5,7H2,1H3,(H,18,19). The van der Waals surface area contributed by atoms with Crippen molar-refractivity contribution < 1.29 is 14.6 Å². The SMILES string of the molecule is COCCn1cc(-c2cc(CC(=O)O)ccc2Cl)cn1. The van der Waals surface area contributed by atoms with Crippen LogP contribution in [-0.4, -0.2) is 34.6 Å². The van der Waals surface area contributed by atoms with E-state index in [0.717, 1.165) is 11.1 Å². The van der Waals surface area contributed by atoms with Crippen LogP contribution in [0.15, 0.2) is 30.6 Å². The second kappa shape index (κ2) is 6.54. The molecule has 0 amide bonds. The third-order valence-electron chi connectivity index (χ3n) is 2.85. The predicted molar refractivity (Wildman–Crippen MR) is 75.9 cm³/mol. The maximum atomic E-state index is 10.8. The zero-order valence-electron chi connectivity index (χ0n) is 11.0. The molecule has 0 radical (unpaired) electrons. The topological polar surface area (TPSA) is 64.3 Å². The second-order valence-electron chi connectivity index (χ2n) is 4.37. The molecule has 1 heterocycles. The van der Waals surface area contributed by atoms with Gasteiger partial charge in [-0.1, -0.05) is 17.7 Å². The molecule has 2 rings (SSSR count). The Morgan fingerprint density at radius 2 is 2.30 bits per heavy atom. The third-order valence-corrected chi connectivity index (χ3v) is 3.18. The summed E-state index contributed by atoms with van der Waals surface area (Å²) >= 11 is 6.17. The molecule has 0 aliphatic heterocycles. The number of hydrogen-bond donors (Lipinski definition) is 1. The maximum Gasteiger partial charge on any atom is 0.307 e. The Kier molecular flexibility index (Phi) is 4.76. The fourth-order valence-corrected chi connectivity index (χ4v) is 2.11. The quantitative estimate of drug-likeness (QED) is 0.889. The summed E-state index contributed by atoms with van der Waals surface area (Å²) in [7, 11) is 1.64. The maximum absolute atomic E-state index is 10.8. The van der Waals surface area contributed by atoms with Crippen LogP contribution in [-0.2, 0) is 22.5 Å². The molecule has 6 heteroatoms. The van der Waals surface area contributed by atoms with E-state index in [9.17, 15) is 4.79 Å². The highest BCUT2D eigenvalue weighted by atomic mass is 35.5. The Bertz CT molecular complexity index is 610. The van der Waals surface area contributed by atoms with Crippen LogP contribution in [0.5, 0.6) is 0 Å². The molecule has 0 aliphatic carbocycles. The van der Waals surface area contributed by atoms with E-state index >= 15 is 0 Å². The summed E-state index contributed by atoms with van der Waals surface area (Å²) in [6.07, 6.45) is 3.55. The molecule has 1 aromatic carbocycles. The molecule has 0 atom stereocenters. The molecular weight excluding hydrogens is 280 g/mol. The van der Waals surface area contributed by atoms with Gasteiger partial charge in [-0.25, -0.2) is 0 Å². The summed E-state index contributed by atoms with van der Waals surface area (Å²) in [5.74, 6) is -0.867. The monoisotopic (exact) mass is 294 g/mol. The van der Waals surface area contributed by atoms with Gasteiger partial charge in [0.2, 0.25) is 0 Å². The van der Waals surface area contributed by atoms with Crippen molar-refractivity contribution in [2.24, 2.45) is 0 Å². The van der Waals surface area contributed by atoms with Gasteiger partial charge in [-0.3, -0.25) is 9.48 Å². The van der Waals surface area contributed by atoms with E-state index in [1.54, 1.807) is 36.2 Å². The summed E-state index contributed by atoms with van der Waals surface area (Å²) < 4.78 is 6.76. The molecule has 1 aromatic heterocycles. The van der Waals surface area contributed by atoms with Crippen molar-refractivity contribution in [1.29, 1.82) is 0 Å². The first-order valence-electron chi connectivity index (χ1n) is 6.12. The summed E-state index contributed by atoms with van der Waals surface area (Å²) in [4.78, 5) is 10.8. The van der Waals surface area contributed by atoms with Crippen molar-refractivity contribution in [2.45, 2.75) is 13.0 Å². The molecule has 0 unspecified atom stereocenters. The van der Waals surface area contributed by atoms with E-state index in [1.165, 1.54) is 0 Å². The Hall–Kier alpha value is -1.85. The minimum absolute atomic E-state index is 0.0258. The van der Waals surface area contributed by atoms with Crippen molar-refractivity contribution in [3.8, 4) is 11.1 Å². The zero-order chi connectivity index (χ0) is 14.5. The van der Waals surface area contributed by atoms with Crippen LogP contribution in [0.1, 0.15) is 5.56 Å². The molecule has 0 saturated heterocycles. The Morgan fingerprint density at radius 1 is 1.50 bits per heavy atom. The number of nitrogens with zero attached hydrogens (tertiary/aromatic N) is 2. The lowest BCUT2D eigenvalue weighted by molar-refractivity contribution is -0.136. The Labute approximate surface area is 121 Å². The zero-order valence-corrected chi connectivity index (χ0v) is 11.8. The van der Waals surface area contributed by atoms with Crippen molar-refractivity contribution in [3.63, 3.8) is 0 Å². The highest BCUT2D eigenvalue weighted by Gasteiger charge is 2.09. The number of halogens is 1. The summed E-state index contributed by atoms with van der Waals surface area (Å²) in [6, 6.07) is 5.21. The van der Waals surface area contributed by atoms with Gasteiger partial charge in [0.1, 0.15) is 0 Å².